The van der Waals surface area contributed by atoms with Gasteiger partial charge in [-0.15, -0.1) is 11.3 Å². The molecule has 0 fully saturated rings. The molecule has 1 aromatic heterocycles. The molecule has 8 heteroatoms. The number of hydrogen-bond donors (Lipinski definition) is 2. The lowest BCUT2D eigenvalue weighted by atomic mass is 10.2. The van der Waals surface area contributed by atoms with Gasteiger partial charge in [0.25, 0.3) is 0 Å². The van der Waals surface area contributed by atoms with Crippen molar-refractivity contribution in [2.45, 2.75) is 6.92 Å². The first-order valence-electron chi connectivity index (χ1n) is 4.64. The third kappa shape index (κ3) is 3.83. The first kappa shape index (κ1) is 13.1. The summed E-state index contributed by atoms with van der Waals surface area (Å²) in [4.78, 5) is 29.8. The molecular formula is C9H11N3O4S. The molecule has 0 spiro atoms. The Morgan fingerprint density at radius 2 is 2.53 bits per heavy atom. The molecule has 0 aromatic carbocycles. The quantitative estimate of drug-likeness (QED) is 0.432. The average molecular weight is 257 g/mol. The van der Waals surface area contributed by atoms with Gasteiger partial charge in [0.15, 0.2) is 17.1 Å². The third-order valence-corrected chi connectivity index (χ3v) is 2.48. The molecule has 0 aliphatic rings. The summed E-state index contributed by atoms with van der Waals surface area (Å²) in [6, 6.07) is 0. The number of aromatic nitrogens is 1. The highest BCUT2D eigenvalue weighted by molar-refractivity contribution is 7.13. The number of aliphatic carboxylic acids is 1. The number of thiazole rings is 1. The number of nitrogens with two attached hydrogens (primary N) is 1. The van der Waals surface area contributed by atoms with Gasteiger partial charge in [0.2, 0.25) is 0 Å². The summed E-state index contributed by atoms with van der Waals surface area (Å²) in [5.74, 6) is -1.70. The molecule has 17 heavy (non-hydrogen) atoms. The molecule has 1 rings (SSSR count). The summed E-state index contributed by atoms with van der Waals surface area (Å²) in [5, 5.41) is 14.0. The Labute approximate surface area is 101 Å². The predicted molar refractivity (Wildman–Crippen MR) is 61.9 cm³/mol. The minimum absolute atomic E-state index is 0.0180. The van der Waals surface area contributed by atoms with Gasteiger partial charge in [0.1, 0.15) is 12.3 Å². The second kappa shape index (κ2) is 5.94. The highest BCUT2D eigenvalue weighted by atomic mass is 32.1. The molecule has 0 aliphatic carbocycles. The Morgan fingerprint density at radius 3 is 3.00 bits per heavy atom. The topological polar surface area (TPSA) is 115 Å². The first-order valence-corrected chi connectivity index (χ1v) is 5.52. The van der Waals surface area contributed by atoms with E-state index in [0.29, 0.717) is 17.1 Å². The summed E-state index contributed by atoms with van der Waals surface area (Å²) >= 11 is 1.17. The molecule has 1 unspecified atom stereocenters. The zero-order chi connectivity index (χ0) is 12.8. The molecule has 0 amide bonds. The number of oxime groups is 1. The van der Waals surface area contributed by atoms with Crippen LogP contribution in [0.3, 0.4) is 0 Å². The summed E-state index contributed by atoms with van der Waals surface area (Å²) in [5.41, 5.74) is 5.70. The van der Waals surface area contributed by atoms with Crippen LogP contribution in [0.4, 0.5) is 5.13 Å². The zero-order valence-corrected chi connectivity index (χ0v) is 9.81. The van der Waals surface area contributed by atoms with E-state index in [0.717, 1.165) is 0 Å². The van der Waals surface area contributed by atoms with Crippen LogP contribution in [0.1, 0.15) is 12.6 Å². The Hall–Kier alpha value is -1.96. The van der Waals surface area contributed by atoms with Crippen LogP contribution in [0.25, 0.3) is 0 Å². The van der Waals surface area contributed by atoms with Crippen molar-refractivity contribution in [2.24, 2.45) is 11.1 Å². The molecule has 0 aliphatic heterocycles. The number of nitrogens with zero attached hydrogens (tertiary/aromatic N) is 2. The number of carbonyl (C=O) groups is 2. The number of aldehydes is 1. The standard InChI is InChI=1S/C9H11N3O4S/c1-5(8(14)15)3-16-12-6(2-13)7-4-17-9(10)11-7/h2,4-5H,3H2,1H3,(H2,10,11)(H,14,15)/b12-6+. The van der Waals surface area contributed by atoms with Crippen LogP contribution >= 0.6 is 11.3 Å². The largest absolute Gasteiger partial charge is 0.481 e. The lowest BCUT2D eigenvalue weighted by Gasteiger charge is -2.03. The highest BCUT2D eigenvalue weighted by Gasteiger charge is 2.12. The van der Waals surface area contributed by atoms with Crippen LogP contribution in [0.2, 0.25) is 0 Å². The van der Waals surface area contributed by atoms with Crippen molar-refractivity contribution in [3.05, 3.63) is 11.1 Å². The number of carbonyl (C=O) groups excluding carboxylic acids is 1. The van der Waals surface area contributed by atoms with Gasteiger partial charge in [-0.05, 0) is 6.92 Å². The van der Waals surface area contributed by atoms with Gasteiger partial charge in [-0.3, -0.25) is 9.59 Å². The fourth-order valence-electron chi connectivity index (χ4n) is 0.824. The summed E-state index contributed by atoms with van der Waals surface area (Å²) < 4.78 is 0. The number of rotatable bonds is 6. The molecule has 1 atom stereocenters. The van der Waals surface area contributed by atoms with Crippen LogP contribution in [0, 0.1) is 5.92 Å². The smallest absolute Gasteiger partial charge is 0.309 e. The fraction of sp³-hybridized carbons (Fsp3) is 0.333. The van der Waals surface area contributed by atoms with Gasteiger partial charge in [-0.1, -0.05) is 5.16 Å². The summed E-state index contributed by atoms with van der Waals surface area (Å²) in [6.45, 7) is 1.35. The molecule has 0 saturated heterocycles. The molecule has 0 bridgehead atoms. The van der Waals surface area contributed by atoms with E-state index in [1.165, 1.54) is 18.3 Å². The molecular weight excluding hydrogens is 246 g/mol. The second-order valence-corrected chi connectivity index (χ2v) is 4.09. The van der Waals surface area contributed by atoms with Crippen LogP contribution in [-0.4, -0.2) is 34.7 Å². The van der Waals surface area contributed by atoms with Crippen LogP contribution in [0.5, 0.6) is 0 Å². The fourth-order valence-corrected chi connectivity index (χ4v) is 1.38. The van der Waals surface area contributed by atoms with Crippen molar-refractivity contribution in [1.82, 2.24) is 4.98 Å². The minimum atomic E-state index is -0.995. The molecule has 0 saturated carbocycles. The van der Waals surface area contributed by atoms with Gasteiger partial charge >= 0.3 is 5.97 Å². The maximum absolute atomic E-state index is 10.7. The number of nitrogen functional groups attached to an aromatic ring is 1. The number of carboxylic acids is 1. The van der Waals surface area contributed by atoms with E-state index < -0.39 is 11.9 Å². The summed E-state index contributed by atoms with van der Waals surface area (Å²) in [7, 11) is 0. The molecule has 7 nitrogen and oxygen atoms in total. The molecule has 1 aromatic rings. The van der Waals surface area contributed by atoms with E-state index in [-0.39, 0.29) is 12.3 Å². The van der Waals surface area contributed by atoms with Crippen LogP contribution < -0.4 is 5.73 Å². The molecule has 92 valence electrons. The van der Waals surface area contributed by atoms with Gasteiger partial charge in [-0.2, -0.15) is 0 Å². The number of anilines is 1. The Bertz CT molecular complexity index is 443. The van der Waals surface area contributed by atoms with Crippen molar-refractivity contribution in [3.8, 4) is 0 Å². The normalized spacial score (nSPS) is 13.1. The SMILES string of the molecule is CC(CO/N=C(\C=O)c1csc(N)n1)C(=O)O. The van der Waals surface area contributed by atoms with Crippen LogP contribution in [-0.2, 0) is 14.4 Å². The van der Waals surface area contributed by atoms with Gasteiger partial charge < -0.3 is 15.7 Å². The summed E-state index contributed by atoms with van der Waals surface area (Å²) in [6.07, 6.45) is 0.472. The molecule has 0 radical (unpaired) electrons. The lowest BCUT2D eigenvalue weighted by Crippen LogP contribution is -2.15. The minimum Gasteiger partial charge on any atom is -0.481 e. The average Bonchev–Trinajstić information content (AvgIpc) is 2.70. The zero-order valence-electron chi connectivity index (χ0n) is 8.99. The Morgan fingerprint density at radius 1 is 1.82 bits per heavy atom. The van der Waals surface area contributed by atoms with E-state index in [1.807, 2.05) is 0 Å². The Balaban J connectivity index is 2.62. The third-order valence-electron chi connectivity index (χ3n) is 1.81. The molecule has 1 heterocycles. The van der Waals surface area contributed by atoms with E-state index in [1.54, 1.807) is 5.38 Å². The van der Waals surface area contributed by atoms with Crippen LogP contribution in [0.15, 0.2) is 10.5 Å². The van der Waals surface area contributed by atoms with Crippen molar-refractivity contribution >= 4 is 34.4 Å². The molecule has 3 N–H and O–H groups in total. The van der Waals surface area contributed by atoms with E-state index in [9.17, 15) is 9.59 Å². The van der Waals surface area contributed by atoms with E-state index in [4.69, 9.17) is 15.7 Å². The lowest BCUT2D eigenvalue weighted by molar-refractivity contribution is -0.143. The van der Waals surface area contributed by atoms with Crippen molar-refractivity contribution in [1.29, 1.82) is 0 Å². The van der Waals surface area contributed by atoms with Gasteiger partial charge in [0, 0.05) is 5.38 Å². The number of carboxylic acid groups (broad SMARTS) is 1. The van der Waals surface area contributed by atoms with Gasteiger partial charge in [0.05, 0.1) is 5.92 Å². The van der Waals surface area contributed by atoms with E-state index in [2.05, 4.69) is 10.1 Å². The second-order valence-electron chi connectivity index (χ2n) is 3.20. The number of hydrogen-bond acceptors (Lipinski definition) is 7. The predicted octanol–water partition coefficient (Wildman–Crippen LogP) is 0.366. The Kier molecular flexibility index (Phi) is 4.58. The maximum atomic E-state index is 10.7. The van der Waals surface area contributed by atoms with E-state index >= 15 is 0 Å². The van der Waals surface area contributed by atoms with Crippen molar-refractivity contribution < 1.29 is 19.5 Å². The maximum Gasteiger partial charge on any atom is 0.309 e. The highest BCUT2D eigenvalue weighted by Crippen LogP contribution is 2.11. The van der Waals surface area contributed by atoms with Gasteiger partial charge in [-0.25, -0.2) is 4.98 Å². The monoisotopic (exact) mass is 257 g/mol. The van der Waals surface area contributed by atoms with Crippen molar-refractivity contribution in [3.63, 3.8) is 0 Å². The van der Waals surface area contributed by atoms with Crippen molar-refractivity contribution in [2.75, 3.05) is 12.3 Å². The first-order chi connectivity index (χ1) is 8.04.